The molecule has 2 unspecified atom stereocenters. The molecule has 2 rings (SSSR count). The lowest BCUT2D eigenvalue weighted by atomic mass is 10.0. The van der Waals surface area contributed by atoms with E-state index in [0.29, 0.717) is 12.5 Å². The zero-order valence-corrected chi connectivity index (χ0v) is 8.53. The van der Waals surface area contributed by atoms with E-state index in [1.165, 1.54) is 0 Å². The molecule has 0 amide bonds. The summed E-state index contributed by atoms with van der Waals surface area (Å²) in [5.41, 5.74) is 0. The summed E-state index contributed by atoms with van der Waals surface area (Å²) in [6.45, 7) is 7.77. The Morgan fingerprint density at radius 1 is 1.15 bits per heavy atom. The van der Waals surface area contributed by atoms with Gasteiger partial charge in [0.2, 0.25) is 0 Å². The smallest absolute Gasteiger partial charge is 0.112 e. The summed E-state index contributed by atoms with van der Waals surface area (Å²) in [6, 6.07) is 0. The van der Waals surface area contributed by atoms with Gasteiger partial charge < -0.3 is 14.2 Å². The molecule has 4 atom stereocenters. The quantitative estimate of drug-likeness (QED) is 0.649. The first-order valence-corrected chi connectivity index (χ1v) is 5.07. The zero-order valence-electron chi connectivity index (χ0n) is 8.53. The van der Waals surface area contributed by atoms with E-state index in [1.807, 2.05) is 13.8 Å². The van der Waals surface area contributed by atoms with Crippen LogP contribution in [0.1, 0.15) is 20.8 Å². The first kappa shape index (κ1) is 9.44. The molecule has 0 aromatic heterocycles. The van der Waals surface area contributed by atoms with Gasteiger partial charge >= 0.3 is 0 Å². The van der Waals surface area contributed by atoms with Crippen LogP contribution in [0.2, 0.25) is 0 Å². The minimum absolute atomic E-state index is 0.148. The molecule has 3 heteroatoms. The van der Waals surface area contributed by atoms with Gasteiger partial charge in [-0.05, 0) is 13.8 Å². The second-order valence-electron chi connectivity index (χ2n) is 4.30. The molecule has 0 aromatic rings. The summed E-state index contributed by atoms with van der Waals surface area (Å²) >= 11 is 0. The topological polar surface area (TPSA) is 27.7 Å². The van der Waals surface area contributed by atoms with Crippen LogP contribution in [-0.4, -0.2) is 37.6 Å². The van der Waals surface area contributed by atoms with E-state index in [-0.39, 0.29) is 24.4 Å². The Labute approximate surface area is 79.4 Å². The molecule has 2 heterocycles. The molecule has 0 saturated carbocycles. The molecule has 3 nitrogen and oxygen atoms in total. The summed E-state index contributed by atoms with van der Waals surface area (Å²) in [6.07, 6.45) is 0.850. The molecular weight excluding hydrogens is 168 g/mol. The van der Waals surface area contributed by atoms with Crippen LogP contribution in [0, 0.1) is 5.92 Å². The van der Waals surface area contributed by atoms with Crippen molar-refractivity contribution in [2.45, 2.75) is 45.2 Å². The second kappa shape index (κ2) is 3.56. The zero-order chi connectivity index (χ0) is 9.42. The van der Waals surface area contributed by atoms with Crippen molar-refractivity contribution in [3.05, 3.63) is 0 Å². The van der Waals surface area contributed by atoms with Gasteiger partial charge in [-0.3, -0.25) is 0 Å². The fraction of sp³-hybridized carbons (Fsp3) is 1.00. The summed E-state index contributed by atoms with van der Waals surface area (Å²) in [7, 11) is 0. The lowest BCUT2D eigenvalue weighted by molar-refractivity contribution is -0.0579. The van der Waals surface area contributed by atoms with Crippen molar-refractivity contribution in [2.24, 2.45) is 5.92 Å². The van der Waals surface area contributed by atoms with Crippen LogP contribution in [0.4, 0.5) is 0 Å². The lowest BCUT2D eigenvalue weighted by Gasteiger charge is -2.18. The summed E-state index contributed by atoms with van der Waals surface area (Å²) in [5.74, 6) is 0.519. The molecule has 2 aliphatic rings. The Morgan fingerprint density at radius 3 is 2.54 bits per heavy atom. The predicted octanol–water partition coefficient (Wildman–Crippen LogP) is 1.21. The van der Waals surface area contributed by atoms with Gasteiger partial charge in [0.05, 0.1) is 25.4 Å². The molecule has 13 heavy (non-hydrogen) atoms. The minimum Gasteiger partial charge on any atom is -0.372 e. The van der Waals surface area contributed by atoms with Gasteiger partial charge in [-0.25, -0.2) is 0 Å². The summed E-state index contributed by atoms with van der Waals surface area (Å²) < 4.78 is 17.0. The van der Waals surface area contributed by atoms with Gasteiger partial charge in [-0.1, -0.05) is 6.92 Å². The molecule has 2 aliphatic heterocycles. The van der Waals surface area contributed by atoms with E-state index in [4.69, 9.17) is 14.2 Å². The number of rotatable bonds is 2. The molecule has 2 saturated heterocycles. The van der Waals surface area contributed by atoms with E-state index in [9.17, 15) is 0 Å². The molecular formula is C10H18O3. The molecule has 0 aliphatic carbocycles. The van der Waals surface area contributed by atoms with E-state index < -0.39 is 0 Å². The van der Waals surface area contributed by atoms with Gasteiger partial charge in [0.25, 0.3) is 0 Å². The molecule has 0 N–H and O–H groups in total. The van der Waals surface area contributed by atoms with Crippen LogP contribution in [0.5, 0.6) is 0 Å². The molecule has 0 aromatic carbocycles. The van der Waals surface area contributed by atoms with E-state index in [1.54, 1.807) is 0 Å². The average Bonchev–Trinajstić information content (AvgIpc) is 2.56. The van der Waals surface area contributed by atoms with Gasteiger partial charge in [0, 0.05) is 5.92 Å². The highest BCUT2D eigenvalue weighted by Gasteiger charge is 2.46. The van der Waals surface area contributed by atoms with Crippen molar-refractivity contribution in [2.75, 3.05) is 13.2 Å². The van der Waals surface area contributed by atoms with Crippen LogP contribution >= 0.6 is 0 Å². The highest BCUT2D eigenvalue weighted by molar-refractivity contribution is 4.93. The fourth-order valence-electron chi connectivity index (χ4n) is 2.12. The molecule has 0 spiro atoms. The first-order chi connectivity index (χ1) is 6.18. The third kappa shape index (κ3) is 1.73. The Morgan fingerprint density at radius 2 is 1.85 bits per heavy atom. The SMILES string of the molecule is CC(C)OC1CO[C@H]2C(C)CO[C@@H]12. The minimum atomic E-state index is 0.148. The number of fused-ring (bicyclic) bond motifs is 1. The van der Waals surface area contributed by atoms with E-state index in [2.05, 4.69) is 6.92 Å². The molecule has 0 bridgehead atoms. The maximum Gasteiger partial charge on any atom is 0.112 e. The molecule has 0 radical (unpaired) electrons. The average molecular weight is 186 g/mol. The van der Waals surface area contributed by atoms with Crippen molar-refractivity contribution in [1.29, 1.82) is 0 Å². The van der Waals surface area contributed by atoms with Gasteiger partial charge in [-0.2, -0.15) is 0 Å². The van der Waals surface area contributed by atoms with E-state index in [0.717, 1.165) is 6.61 Å². The van der Waals surface area contributed by atoms with Crippen molar-refractivity contribution in [3.8, 4) is 0 Å². The second-order valence-corrected chi connectivity index (χ2v) is 4.30. The standard InChI is InChI=1S/C10H18O3/c1-6(2)13-8-5-12-9-7(3)4-11-10(8)9/h6-10H,4-5H2,1-3H3/t7?,8?,9-,10-/m0/s1. The van der Waals surface area contributed by atoms with Gasteiger partial charge in [0.1, 0.15) is 12.2 Å². The first-order valence-electron chi connectivity index (χ1n) is 5.07. The van der Waals surface area contributed by atoms with Crippen molar-refractivity contribution < 1.29 is 14.2 Å². The Bertz CT molecular complexity index is 181. The monoisotopic (exact) mass is 186 g/mol. The van der Waals surface area contributed by atoms with Crippen molar-refractivity contribution in [3.63, 3.8) is 0 Å². The molecule has 76 valence electrons. The maximum absolute atomic E-state index is 5.72. The highest BCUT2D eigenvalue weighted by Crippen LogP contribution is 2.32. The highest BCUT2D eigenvalue weighted by atomic mass is 16.6. The van der Waals surface area contributed by atoms with Gasteiger partial charge in [-0.15, -0.1) is 0 Å². The van der Waals surface area contributed by atoms with E-state index >= 15 is 0 Å². The third-order valence-corrected chi connectivity index (χ3v) is 2.70. The van der Waals surface area contributed by atoms with Crippen LogP contribution in [0.3, 0.4) is 0 Å². The predicted molar refractivity (Wildman–Crippen MR) is 48.7 cm³/mol. The normalized spacial score (nSPS) is 44.3. The Hall–Kier alpha value is -0.120. The van der Waals surface area contributed by atoms with Gasteiger partial charge in [0.15, 0.2) is 0 Å². The Balaban J connectivity index is 1.94. The Kier molecular flexibility index (Phi) is 2.58. The fourth-order valence-corrected chi connectivity index (χ4v) is 2.12. The van der Waals surface area contributed by atoms with Crippen LogP contribution in [-0.2, 0) is 14.2 Å². The third-order valence-electron chi connectivity index (χ3n) is 2.70. The summed E-state index contributed by atoms with van der Waals surface area (Å²) in [5, 5.41) is 0. The molecule has 2 fully saturated rings. The largest absolute Gasteiger partial charge is 0.372 e. The number of ether oxygens (including phenoxy) is 3. The van der Waals surface area contributed by atoms with Crippen molar-refractivity contribution >= 4 is 0 Å². The van der Waals surface area contributed by atoms with Crippen LogP contribution < -0.4 is 0 Å². The van der Waals surface area contributed by atoms with Crippen molar-refractivity contribution in [1.82, 2.24) is 0 Å². The number of hydrogen-bond donors (Lipinski definition) is 0. The van der Waals surface area contributed by atoms with Crippen LogP contribution in [0.25, 0.3) is 0 Å². The lowest BCUT2D eigenvalue weighted by Crippen LogP contribution is -2.32. The number of hydrogen-bond acceptors (Lipinski definition) is 3. The summed E-state index contributed by atoms with van der Waals surface area (Å²) in [4.78, 5) is 0. The maximum atomic E-state index is 5.72. The van der Waals surface area contributed by atoms with Crippen LogP contribution in [0.15, 0.2) is 0 Å².